The number of halogens is 1. The van der Waals surface area contributed by atoms with Crippen LogP contribution >= 0.6 is 23.8 Å². The molecule has 1 aromatic rings. The molecule has 108 valence electrons. The lowest BCUT2D eigenvalue weighted by Crippen LogP contribution is -2.46. The number of rotatable bonds is 4. The van der Waals surface area contributed by atoms with Crippen LogP contribution in [0.15, 0.2) is 18.2 Å². The predicted molar refractivity (Wildman–Crippen MR) is 87.2 cm³/mol. The Kier molecular flexibility index (Phi) is 4.26. The van der Waals surface area contributed by atoms with E-state index >= 15 is 0 Å². The van der Waals surface area contributed by atoms with Gasteiger partial charge in [0.2, 0.25) is 0 Å². The van der Waals surface area contributed by atoms with Crippen molar-refractivity contribution in [1.29, 1.82) is 0 Å². The minimum absolute atomic E-state index is 0.400. The number of hydrogen-bond acceptors (Lipinski definition) is 3. The molecule has 5 heteroatoms. The van der Waals surface area contributed by atoms with Gasteiger partial charge in [-0.25, -0.2) is 0 Å². The van der Waals surface area contributed by atoms with Gasteiger partial charge in [0.1, 0.15) is 4.99 Å². The summed E-state index contributed by atoms with van der Waals surface area (Å²) < 4.78 is 0. The van der Waals surface area contributed by atoms with Crippen LogP contribution in [-0.4, -0.2) is 47.0 Å². The fourth-order valence-electron chi connectivity index (χ4n) is 2.80. The van der Waals surface area contributed by atoms with Crippen LogP contribution < -0.4 is 5.73 Å². The van der Waals surface area contributed by atoms with Gasteiger partial charge in [-0.1, -0.05) is 36.0 Å². The van der Waals surface area contributed by atoms with Crippen LogP contribution in [0.1, 0.15) is 24.0 Å². The first-order valence-corrected chi connectivity index (χ1v) is 7.97. The molecule has 1 aliphatic heterocycles. The highest BCUT2D eigenvalue weighted by Gasteiger charge is 2.31. The zero-order valence-electron chi connectivity index (χ0n) is 11.5. The summed E-state index contributed by atoms with van der Waals surface area (Å²) in [6, 6.07) is 6.76. The van der Waals surface area contributed by atoms with E-state index in [0.29, 0.717) is 4.99 Å². The van der Waals surface area contributed by atoms with Gasteiger partial charge in [0.15, 0.2) is 0 Å². The summed E-state index contributed by atoms with van der Waals surface area (Å²) in [6.45, 7) is 5.54. The van der Waals surface area contributed by atoms with Gasteiger partial charge in [0.25, 0.3) is 0 Å². The molecule has 2 N–H and O–H groups in total. The van der Waals surface area contributed by atoms with Crippen molar-refractivity contribution in [2.45, 2.75) is 25.4 Å². The highest BCUT2D eigenvalue weighted by Crippen LogP contribution is 2.28. The summed E-state index contributed by atoms with van der Waals surface area (Å²) in [5.41, 5.74) is 7.62. The third-order valence-electron chi connectivity index (χ3n) is 4.20. The second-order valence-electron chi connectivity index (χ2n) is 5.71. The molecule has 1 saturated heterocycles. The maximum Gasteiger partial charge on any atom is 0.104 e. The molecular weight excluding hydrogens is 290 g/mol. The minimum Gasteiger partial charge on any atom is -0.389 e. The summed E-state index contributed by atoms with van der Waals surface area (Å²) >= 11 is 11.3. The standard InChI is InChI=1S/C15H20ClN3S/c16-14-9-11(15(17)20)1-2-12(14)10-18-5-7-19(8-6-18)13-3-4-13/h1-2,9,13H,3-8,10H2,(H2,17,20). The molecule has 1 saturated carbocycles. The minimum atomic E-state index is 0.400. The van der Waals surface area contributed by atoms with E-state index in [4.69, 9.17) is 29.6 Å². The zero-order chi connectivity index (χ0) is 14.1. The summed E-state index contributed by atoms with van der Waals surface area (Å²) in [5.74, 6) is 0. The molecule has 2 fully saturated rings. The Balaban J connectivity index is 1.59. The Morgan fingerprint density at radius 1 is 1.25 bits per heavy atom. The fraction of sp³-hybridized carbons (Fsp3) is 0.533. The number of benzene rings is 1. The monoisotopic (exact) mass is 309 g/mol. The number of piperazine rings is 1. The van der Waals surface area contributed by atoms with Crippen molar-refractivity contribution in [2.24, 2.45) is 5.73 Å². The first-order valence-electron chi connectivity index (χ1n) is 7.18. The van der Waals surface area contributed by atoms with Gasteiger partial charge in [-0.2, -0.15) is 0 Å². The molecule has 1 aromatic carbocycles. The lowest BCUT2D eigenvalue weighted by molar-refractivity contribution is 0.121. The van der Waals surface area contributed by atoms with Crippen molar-refractivity contribution in [3.63, 3.8) is 0 Å². The van der Waals surface area contributed by atoms with E-state index < -0.39 is 0 Å². The molecule has 0 amide bonds. The topological polar surface area (TPSA) is 32.5 Å². The normalized spacial score (nSPS) is 21.1. The van der Waals surface area contributed by atoms with Crippen molar-refractivity contribution in [3.05, 3.63) is 34.3 Å². The van der Waals surface area contributed by atoms with Crippen molar-refractivity contribution < 1.29 is 0 Å². The van der Waals surface area contributed by atoms with Crippen LogP contribution in [0, 0.1) is 0 Å². The second-order valence-corrected chi connectivity index (χ2v) is 6.56. The molecule has 1 heterocycles. The molecule has 0 aromatic heterocycles. The third-order valence-corrected chi connectivity index (χ3v) is 4.79. The summed E-state index contributed by atoms with van der Waals surface area (Å²) in [6.07, 6.45) is 2.79. The molecule has 3 rings (SSSR count). The average molecular weight is 310 g/mol. The van der Waals surface area contributed by atoms with Crippen LogP contribution in [0.5, 0.6) is 0 Å². The number of hydrogen-bond donors (Lipinski definition) is 1. The van der Waals surface area contributed by atoms with E-state index in [1.165, 1.54) is 25.9 Å². The van der Waals surface area contributed by atoms with Crippen LogP contribution in [-0.2, 0) is 6.54 Å². The third kappa shape index (κ3) is 3.31. The van der Waals surface area contributed by atoms with E-state index in [1.807, 2.05) is 18.2 Å². The Hall–Kier alpha value is -0.680. The first-order chi connectivity index (χ1) is 9.63. The van der Waals surface area contributed by atoms with Crippen LogP contribution in [0.4, 0.5) is 0 Å². The first kappa shape index (κ1) is 14.3. The van der Waals surface area contributed by atoms with E-state index in [2.05, 4.69) is 9.80 Å². The molecule has 0 bridgehead atoms. The molecule has 0 radical (unpaired) electrons. The lowest BCUT2D eigenvalue weighted by atomic mass is 10.1. The van der Waals surface area contributed by atoms with Gasteiger partial charge in [0.05, 0.1) is 0 Å². The van der Waals surface area contributed by atoms with E-state index in [1.54, 1.807) is 0 Å². The van der Waals surface area contributed by atoms with Gasteiger partial charge >= 0.3 is 0 Å². The molecule has 0 unspecified atom stereocenters. The summed E-state index contributed by atoms with van der Waals surface area (Å²) in [5, 5.41) is 0.764. The maximum absolute atomic E-state index is 6.33. The summed E-state index contributed by atoms with van der Waals surface area (Å²) in [7, 11) is 0. The van der Waals surface area contributed by atoms with Crippen molar-refractivity contribution in [2.75, 3.05) is 26.2 Å². The molecule has 3 nitrogen and oxygen atoms in total. The maximum atomic E-state index is 6.33. The van der Waals surface area contributed by atoms with Gasteiger partial charge in [0, 0.05) is 49.4 Å². The smallest absolute Gasteiger partial charge is 0.104 e. The molecule has 1 aliphatic carbocycles. The quantitative estimate of drug-likeness (QED) is 0.865. The Morgan fingerprint density at radius 3 is 2.50 bits per heavy atom. The Morgan fingerprint density at radius 2 is 1.95 bits per heavy atom. The fourth-order valence-corrected chi connectivity index (χ4v) is 3.16. The van der Waals surface area contributed by atoms with E-state index in [-0.39, 0.29) is 0 Å². The van der Waals surface area contributed by atoms with E-state index in [9.17, 15) is 0 Å². The van der Waals surface area contributed by atoms with Gasteiger partial charge in [-0.15, -0.1) is 0 Å². The van der Waals surface area contributed by atoms with Gasteiger partial charge in [-0.05, 0) is 24.5 Å². The highest BCUT2D eigenvalue weighted by molar-refractivity contribution is 7.80. The number of thiocarbonyl (C=S) groups is 1. The van der Waals surface area contributed by atoms with E-state index in [0.717, 1.165) is 41.8 Å². The SMILES string of the molecule is NC(=S)c1ccc(CN2CCN(C3CC3)CC2)c(Cl)c1. The molecular formula is C15H20ClN3S. The average Bonchev–Trinajstić information content (AvgIpc) is 3.26. The highest BCUT2D eigenvalue weighted by atomic mass is 35.5. The lowest BCUT2D eigenvalue weighted by Gasteiger charge is -2.35. The molecule has 2 aliphatic rings. The second kappa shape index (κ2) is 5.98. The zero-order valence-corrected chi connectivity index (χ0v) is 13.1. The van der Waals surface area contributed by atoms with Crippen LogP contribution in [0.3, 0.4) is 0 Å². The van der Waals surface area contributed by atoms with Crippen LogP contribution in [0.2, 0.25) is 5.02 Å². The van der Waals surface area contributed by atoms with Gasteiger partial charge < -0.3 is 5.73 Å². The van der Waals surface area contributed by atoms with Crippen molar-refractivity contribution >= 4 is 28.8 Å². The molecule has 0 spiro atoms. The number of nitrogens with zero attached hydrogens (tertiary/aromatic N) is 2. The number of nitrogens with two attached hydrogens (primary N) is 1. The van der Waals surface area contributed by atoms with Crippen LogP contribution in [0.25, 0.3) is 0 Å². The molecule has 0 atom stereocenters. The Bertz CT molecular complexity index is 508. The Labute approximate surface area is 130 Å². The largest absolute Gasteiger partial charge is 0.389 e. The molecule has 20 heavy (non-hydrogen) atoms. The van der Waals surface area contributed by atoms with Crippen molar-refractivity contribution in [3.8, 4) is 0 Å². The summed E-state index contributed by atoms with van der Waals surface area (Å²) in [4.78, 5) is 5.49. The van der Waals surface area contributed by atoms with Gasteiger partial charge in [-0.3, -0.25) is 9.80 Å². The predicted octanol–water partition coefficient (Wildman–Crippen LogP) is 2.25. The van der Waals surface area contributed by atoms with Crippen molar-refractivity contribution in [1.82, 2.24) is 9.80 Å².